The maximum absolute atomic E-state index is 5.92. The summed E-state index contributed by atoms with van der Waals surface area (Å²) in [6.07, 6.45) is 0. The van der Waals surface area contributed by atoms with E-state index in [9.17, 15) is 0 Å². The van der Waals surface area contributed by atoms with Gasteiger partial charge in [-0.2, -0.15) is 0 Å². The number of anilines is 1. The normalized spacial score (nSPS) is 14.9. The van der Waals surface area contributed by atoms with Gasteiger partial charge in [0.2, 0.25) is 0 Å². The van der Waals surface area contributed by atoms with Gasteiger partial charge in [-0.1, -0.05) is 23.4 Å². The number of halogens is 1. The topological polar surface area (TPSA) is 33.6 Å². The molecule has 1 aliphatic rings. The molecule has 3 nitrogen and oxygen atoms in total. The lowest BCUT2D eigenvalue weighted by molar-refractivity contribution is 0.415. The Hall–Kier alpha value is -0.870. The van der Waals surface area contributed by atoms with Crippen LogP contribution in [0.25, 0.3) is 0 Å². The van der Waals surface area contributed by atoms with E-state index in [1.807, 2.05) is 18.2 Å². The summed E-state index contributed by atoms with van der Waals surface area (Å²) in [5, 5.41) is 4.79. The zero-order chi connectivity index (χ0) is 10.7. The predicted octanol–water partition coefficient (Wildman–Crippen LogP) is 2.86. The van der Waals surface area contributed by atoms with E-state index in [0.29, 0.717) is 10.8 Å². The highest BCUT2D eigenvalue weighted by molar-refractivity contribution is 8.14. The molecule has 0 saturated heterocycles. The second-order valence-corrected chi connectivity index (χ2v) is 4.50. The van der Waals surface area contributed by atoms with E-state index >= 15 is 0 Å². The van der Waals surface area contributed by atoms with Gasteiger partial charge < -0.3 is 10.1 Å². The molecule has 0 atom stereocenters. The molecule has 0 fully saturated rings. The smallest absolute Gasteiger partial charge is 0.161 e. The minimum atomic E-state index is 0.615. The quantitative estimate of drug-likeness (QED) is 0.866. The number of ether oxygens (including phenoxy) is 1. The van der Waals surface area contributed by atoms with Crippen LogP contribution in [0.15, 0.2) is 23.2 Å². The predicted molar refractivity (Wildman–Crippen MR) is 66.4 cm³/mol. The highest BCUT2D eigenvalue weighted by Gasteiger charge is 2.08. The SMILES string of the molecule is COc1cc(NC2=NCCS2)ccc1Cl. The Labute approximate surface area is 97.9 Å². The molecule has 0 saturated carbocycles. The van der Waals surface area contributed by atoms with Crippen molar-refractivity contribution in [3.05, 3.63) is 23.2 Å². The largest absolute Gasteiger partial charge is 0.495 e. The van der Waals surface area contributed by atoms with Crippen LogP contribution < -0.4 is 10.1 Å². The average Bonchev–Trinajstić information content (AvgIpc) is 2.73. The van der Waals surface area contributed by atoms with Crippen LogP contribution in [0.2, 0.25) is 5.02 Å². The van der Waals surface area contributed by atoms with Crippen LogP contribution in [-0.4, -0.2) is 24.6 Å². The second-order valence-electron chi connectivity index (χ2n) is 3.01. The zero-order valence-electron chi connectivity index (χ0n) is 8.29. The highest BCUT2D eigenvalue weighted by atomic mass is 35.5. The maximum Gasteiger partial charge on any atom is 0.161 e. The van der Waals surface area contributed by atoms with Gasteiger partial charge in [0, 0.05) is 17.5 Å². The summed E-state index contributed by atoms with van der Waals surface area (Å²) in [5.41, 5.74) is 0.949. The Balaban J connectivity index is 2.14. The molecule has 1 heterocycles. The van der Waals surface area contributed by atoms with Crippen molar-refractivity contribution in [2.24, 2.45) is 4.99 Å². The zero-order valence-corrected chi connectivity index (χ0v) is 9.86. The average molecular weight is 243 g/mol. The van der Waals surface area contributed by atoms with Gasteiger partial charge in [0.1, 0.15) is 5.75 Å². The summed E-state index contributed by atoms with van der Waals surface area (Å²) < 4.78 is 5.13. The van der Waals surface area contributed by atoms with E-state index in [1.165, 1.54) is 0 Å². The number of methoxy groups -OCH3 is 1. The summed E-state index contributed by atoms with van der Waals surface area (Å²) in [5.74, 6) is 1.72. The minimum Gasteiger partial charge on any atom is -0.495 e. The highest BCUT2D eigenvalue weighted by Crippen LogP contribution is 2.28. The van der Waals surface area contributed by atoms with Crippen LogP contribution in [0, 0.1) is 0 Å². The molecule has 1 aliphatic heterocycles. The van der Waals surface area contributed by atoms with Crippen LogP contribution >= 0.6 is 23.4 Å². The van der Waals surface area contributed by atoms with E-state index < -0.39 is 0 Å². The Kier molecular flexibility index (Phi) is 3.38. The monoisotopic (exact) mass is 242 g/mol. The first-order valence-electron chi connectivity index (χ1n) is 4.57. The molecule has 1 aromatic rings. The lowest BCUT2D eigenvalue weighted by atomic mass is 10.3. The summed E-state index contributed by atoms with van der Waals surface area (Å²) in [4.78, 5) is 4.30. The number of nitrogens with one attached hydrogen (secondary N) is 1. The molecule has 0 unspecified atom stereocenters. The van der Waals surface area contributed by atoms with Crippen LogP contribution in [0.5, 0.6) is 5.75 Å². The molecule has 1 aromatic carbocycles. The molecule has 0 aliphatic carbocycles. The molecule has 0 radical (unpaired) electrons. The van der Waals surface area contributed by atoms with E-state index in [0.717, 1.165) is 23.2 Å². The number of hydrogen-bond acceptors (Lipinski definition) is 4. The Bertz CT molecular complexity index is 395. The van der Waals surface area contributed by atoms with Gasteiger partial charge in [-0.05, 0) is 12.1 Å². The molecule has 0 aromatic heterocycles. The molecule has 0 bridgehead atoms. The van der Waals surface area contributed by atoms with Crippen molar-refractivity contribution < 1.29 is 4.74 Å². The van der Waals surface area contributed by atoms with Gasteiger partial charge >= 0.3 is 0 Å². The van der Waals surface area contributed by atoms with Crippen molar-refractivity contribution in [3.8, 4) is 5.75 Å². The van der Waals surface area contributed by atoms with Gasteiger partial charge in [-0.3, -0.25) is 4.99 Å². The van der Waals surface area contributed by atoms with Crippen molar-refractivity contribution in [1.29, 1.82) is 0 Å². The van der Waals surface area contributed by atoms with Gasteiger partial charge in [-0.15, -0.1) is 0 Å². The van der Waals surface area contributed by atoms with E-state index in [1.54, 1.807) is 18.9 Å². The third-order valence-electron chi connectivity index (χ3n) is 1.99. The van der Waals surface area contributed by atoms with Gasteiger partial charge in [-0.25, -0.2) is 0 Å². The molecule has 5 heteroatoms. The molecule has 80 valence electrons. The minimum absolute atomic E-state index is 0.615. The Morgan fingerprint density at radius 2 is 2.40 bits per heavy atom. The van der Waals surface area contributed by atoms with Crippen LogP contribution in [0.3, 0.4) is 0 Å². The lowest BCUT2D eigenvalue weighted by Crippen LogP contribution is -2.04. The summed E-state index contributed by atoms with van der Waals surface area (Å²) in [6.45, 7) is 0.887. The fourth-order valence-corrected chi connectivity index (χ4v) is 2.22. The van der Waals surface area contributed by atoms with Gasteiger partial charge in [0.15, 0.2) is 5.17 Å². The van der Waals surface area contributed by atoms with Crippen LogP contribution in [-0.2, 0) is 0 Å². The van der Waals surface area contributed by atoms with E-state index in [4.69, 9.17) is 16.3 Å². The third-order valence-corrected chi connectivity index (χ3v) is 3.19. The molecule has 15 heavy (non-hydrogen) atoms. The number of rotatable bonds is 2. The molecule has 2 rings (SSSR count). The number of hydrogen-bond donors (Lipinski definition) is 1. The van der Waals surface area contributed by atoms with Crippen molar-refractivity contribution in [2.45, 2.75) is 0 Å². The van der Waals surface area contributed by atoms with E-state index in [2.05, 4.69) is 10.3 Å². The lowest BCUT2D eigenvalue weighted by Gasteiger charge is -2.08. The standard InChI is InChI=1S/C10H11ClN2OS/c1-14-9-6-7(2-3-8(9)11)13-10-12-4-5-15-10/h2-3,6H,4-5H2,1H3,(H,12,13). The Morgan fingerprint density at radius 3 is 3.07 bits per heavy atom. The van der Waals surface area contributed by atoms with Crippen molar-refractivity contribution in [2.75, 3.05) is 24.7 Å². The number of benzene rings is 1. The van der Waals surface area contributed by atoms with Crippen molar-refractivity contribution in [1.82, 2.24) is 0 Å². The van der Waals surface area contributed by atoms with Crippen LogP contribution in [0.4, 0.5) is 5.69 Å². The summed E-state index contributed by atoms with van der Waals surface area (Å²) in [6, 6.07) is 5.58. The van der Waals surface area contributed by atoms with Gasteiger partial charge in [0.05, 0.1) is 18.7 Å². The first-order valence-corrected chi connectivity index (χ1v) is 5.94. The maximum atomic E-state index is 5.92. The van der Waals surface area contributed by atoms with Gasteiger partial charge in [0.25, 0.3) is 0 Å². The molecule has 0 spiro atoms. The van der Waals surface area contributed by atoms with Crippen molar-refractivity contribution >= 4 is 34.2 Å². The number of nitrogens with zero attached hydrogens (tertiary/aromatic N) is 1. The number of amidine groups is 1. The fraction of sp³-hybridized carbons (Fsp3) is 0.300. The first-order chi connectivity index (χ1) is 7.29. The number of thioether (sulfide) groups is 1. The third kappa shape index (κ3) is 2.58. The fourth-order valence-electron chi connectivity index (χ4n) is 1.27. The molecule has 1 N–H and O–H groups in total. The number of aliphatic imine (C=N–C) groups is 1. The molecular weight excluding hydrogens is 232 g/mol. The van der Waals surface area contributed by atoms with E-state index in [-0.39, 0.29) is 0 Å². The summed E-state index contributed by atoms with van der Waals surface area (Å²) >= 11 is 7.64. The van der Waals surface area contributed by atoms with Crippen molar-refractivity contribution in [3.63, 3.8) is 0 Å². The molecular formula is C10H11ClN2OS. The van der Waals surface area contributed by atoms with Crippen LogP contribution in [0.1, 0.15) is 0 Å². The first kappa shape index (κ1) is 10.6. The molecule has 0 amide bonds. The summed E-state index contributed by atoms with van der Waals surface area (Å²) in [7, 11) is 1.60. The second kappa shape index (κ2) is 4.77. The Morgan fingerprint density at radius 1 is 1.53 bits per heavy atom.